The number of halogens is 2. The van der Waals surface area contributed by atoms with Crippen LogP contribution in [0.15, 0.2) is 27.7 Å². The van der Waals surface area contributed by atoms with Gasteiger partial charge in [-0.1, -0.05) is 0 Å². The number of benzene rings is 1. The number of anilines is 1. The van der Waals surface area contributed by atoms with E-state index in [4.69, 9.17) is 9.26 Å². The van der Waals surface area contributed by atoms with Gasteiger partial charge in [-0.3, -0.25) is 4.79 Å². The highest BCUT2D eigenvalue weighted by atomic mass is 19.3. The maximum Gasteiger partial charge on any atom is 0.322 e. The summed E-state index contributed by atoms with van der Waals surface area (Å²) in [5, 5.41) is 6.88. The first-order valence-corrected chi connectivity index (χ1v) is 11.8. The van der Waals surface area contributed by atoms with E-state index in [0.29, 0.717) is 37.7 Å². The summed E-state index contributed by atoms with van der Waals surface area (Å²) in [5.41, 5.74) is 2.37. The molecule has 0 radical (unpaired) electrons. The van der Waals surface area contributed by atoms with Crippen molar-refractivity contribution in [3.05, 3.63) is 35.2 Å². The standard InChI is InChI=1S/C24H31F2N5O3/c1-16-14-19(5-6-20(16)21(32)28-18-7-10-27-15-18)33-13-3-4-17-8-11-31(12-9-17)23-29-22(34-30-23)24(2,25)26/h5-6,14,17,27H,3-4,7-13,15H2,1-2H3. The molecule has 0 atom stereocenters. The molecule has 3 heterocycles. The number of carbonyl (C=O) groups excluding carboxylic acids is 1. The predicted octanol–water partition coefficient (Wildman–Crippen LogP) is 4.14. The van der Waals surface area contributed by atoms with E-state index in [1.54, 1.807) is 6.07 Å². The zero-order valence-electron chi connectivity index (χ0n) is 19.6. The van der Waals surface area contributed by atoms with Crippen molar-refractivity contribution in [3.8, 4) is 5.75 Å². The average molecular weight is 476 g/mol. The maximum absolute atomic E-state index is 13.3. The third-order valence-corrected chi connectivity index (χ3v) is 6.32. The lowest BCUT2D eigenvalue weighted by atomic mass is 9.92. The molecule has 0 spiro atoms. The van der Waals surface area contributed by atoms with Crippen LogP contribution in [0.25, 0.3) is 0 Å². The summed E-state index contributed by atoms with van der Waals surface area (Å²) >= 11 is 0. The lowest BCUT2D eigenvalue weighted by Crippen LogP contribution is -2.34. The van der Waals surface area contributed by atoms with Crippen molar-refractivity contribution >= 4 is 17.6 Å². The highest BCUT2D eigenvalue weighted by Crippen LogP contribution is 2.29. The molecular formula is C24H31F2N5O3. The number of aryl methyl sites for hydroxylation is 1. The predicted molar refractivity (Wildman–Crippen MR) is 124 cm³/mol. The minimum atomic E-state index is -3.13. The summed E-state index contributed by atoms with van der Waals surface area (Å²) in [7, 11) is 0. The number of nitrogens with zero attached hydrogens (tertiary/aromatic N) is 4. The van der Waals surface area contributed by atoms with Gasteiger partial charge in [0, 0.05) is 44.4 Å². The first-order chi connectivity index (χ1) is 16.3. The van der Waals surface area contributed by atoms with E-state index < -0.39 is 11.8 Å². The van der Waals surface area contributed by atoms with Gasteiger partial charge in [0.1, 0.15) is 5.75 Å². The monoisotopic (exact) mass is 475 g/mol. The molecule has 2 aliphatic heterocycles. The number of ether oxygens (including phenoxy) is 1. The summed E-state index contributed by atoms with van der Waals surface area (Å²) in [6, 6.07) is 5.50. The van der Waals surface area contributed by atoms with Crippen LogP contribution < -0.4 is 15.0 Å². The molecule has 4 rings (SSSR count). The van der Waals surface area contributed by atoms with Crippen molar-refractivity contribution in [2.75, 3.05) is 37.7 Å². The summed E-state index contributed by atoms with van der Waals surface area (Å²) < 4.78 is 37.2. The number of piperidine rings is 1. The first kappa shape index (κ1) is 24.3. The second kappa shape index (κ2) is 10.6. The summed E-state index contributed by atoms with van der Waals surface area (Å²) in [6.45, 7) is 6.23. The highest BCUT2D eigenvalue weighted by molar-refractivity contribution is 6.05. The Labute approximate surface area is 197 Å². The number of alkyl halides is 2. The van der Waals surface area contributed by atoms with Gasteiger partial charge in [-0.15, -0.1) is 0 Å². The number of aromatic nitrogens is 2. The highest BCUT2D eigenvalue weighted by Gasteiger charge is 2.33. The number of aliphatic imine (C=N–C) groups is 1. The average Bonchev–Trinajstić information content (AvgIpc) is 3.49. The molecule has 0 saturated carbocycles. The second-order valence-corrected chi connectivity index (χ2v) is 9.10. The molecule has 184 valence electrons. The fraction of sp³-hybridized carbons (Fsp3) is 0.583. The van der Waals surface area contributed by atoms with Crippen molar-refractivity contribution in [3.63, 3.8) is 0 Å². The zero-order chi connectivity index (χ0) is 24.1. The van der Waals surface area contributed by atoms with Crippen LogP contribution in [0.5, 0.6) is 5.75 Å². The van der Waals surface area contributed by atoms with Crippen LogP contribution in [0.4, 0.5) is 14.7 Å². The van der Waals surface area contributed by atoms with Crippen molar-refractivity contribution in [2.24, 2.45) is 10.9 Å². The zero-order valence-corrected chi connectivity index (χ0v) is 19.6. The Morgan fingerprint density at radius 3 is 2.79 bits per heavy atom. The number of amides is 1. The van der Waals surface area contributed by atoms with Crippen molar-refractivity contribution in [2.45, 2.75) is 51.9 Å². The lowest BCUT2D eigenvalue weighted by Gasteiger charge is -2.30. The van der Waals surface area contributed by atoms with E-state index in [1.165, 1.54) is 0 Å². The quantitative estimate of drug-likeness (QED) is 0.574. The molecule has 10 heteroatoms. The Balaban J connectivity index is 1.18. The summed E-state index contributed by atoms with van der Waals surface area (Å²) in [4.78, 5) is 22.4. The molecule has 2 aliphatic rings. The van der Waals surface area contributed by atoms with Crippen LogP contribution in [0.1, 0.15) is 60.8 Å². The molecule has 0 unspecified atom stereocenters. The Kier molecular flexibility index (Phi) is 7.55. The molecule has 0 bridgehead atoms. The fourth-order valence-corrected chi connectivity index (χ4v) is 4.33. The van der Waals surface area contributed by atoms with Gasteiger partial charge in [0.05, 0.1) is 6.61 Å². The topological polar surface area (TPSA) is 92.9 Å². The Morgan fingerprint density at radius 2 is 2.15 bits per heavy atom. The van der Waals surface area contributed by atoms with Crippen LogP contribution in [-0.4, -0.2) is 54.5 Å². The third-order valence-electron chi connectivity index (χ3n) is 6.32. The Hall–Kier alpha value is -2.88. The molecular weight excluding hydrogens is 444 g/mol. The van der Waals surface area contributed by atoms with Crippen LogP contribution in [0, 0.1) is 12.8 Å². The van der Waals surface area contributed by atoms with Crippen LogP contribution in [-0.2, 0) is 5.92 Å². The van der Waals surface area contributed by atoms with Gasteiger partial charge in [-0.2, -0.15) is 13.8 Å². The largest absolute Gasteiger partial charge is 0.494 e. The minimum Gasteiger partial charge on any atom is -0.494 e. The molecule has 1 aromatic heterocycles. The van der Waals surface area contributed by atoms with Gasteiger partial charge in [-0.05, 0) is 73.9 Å². The molecule has 1 aromatic carbocycles. The maximum atomic E-state index is 13.3. The van der Waals surface area contributed by atoms with Crippen molar-refractivity contribution in [1.29, 1.82) is 0 Å². The number of carbonyl (C=O) groups is 1. The lowest BCUT2D eigenvalue weighted by molar-refractivity contribution is -0.0158. The van der Waals surface area contributed by atoms with E-state index in [0.717, 1.165) is 62.6 Å². The molecule has 2 fully saturated rings. The fourth-order valence-electron chi connectivity index (χ4n) is 4.33. The molecule has 8 nitrogen and oxygen atoms in total. The smallest absolute Gasteiger partial charge is 0.322 e. The van der Waals surface area contributed by atoms with Crippen LogP contribution in [0.2, 0.25) is 0 Å². The number of nitrogens with one attached hydrogen (secondary N) is 1. The van der Waals surface area contributed by atoms with Gasteiger partial charge in [0.2, 0.25) is 0 Å². The number of hydrogen-bond acceptors (Lipinski definition) is 7. The van der Waals surface area contributed by atoms with E-state index >= 15 is 0 Å². The van der Waals surface area contributed by atoms with E-state index in [-0.39, 0.29) is 11.9 Å². The molecule has 2 saturated heterocycles. The van der Waals surface area contributed by atoms with Crippen LogP contribution in [0.3, 0.4) is 0 Å². The number of hydrogen-bond donors (Lipinski definition) is 1. The van der Waals surface area contributed by atoms with Gasteiger partial charge in [0.15, 0.2) is 0 Å². The molecule has 1 N–H and O–H groups in total. The van der Waals surface area contributed by atoms with Gasteiger partial charge in [0.25, 0.3) is 17.7 Å². The first-order valence-electron chi connectivity index (χ1n) is 11.8. The molecule has 0 aliphatic carbocycles. The van der Waals surface area contributed by atoms with Gasteiger partial charge in [-0.25, -0.2) is 4.99 Å². The molecule has 1 amide bonds. The van der Waals surface area contributed by atoms with E-state index in [9.17, 15) is 13.6 Å². The van der Waals surface area contributed by atoms with E-state index in [1.807, 2.05) is 24.0 Å². The summed E-state index contributed by atoms with van der Waals surface area (Å²) in [5.74, 6) is -2.44. The second-order valence-electron chi connectivity index (χ2n) is 9.10. The van der Waals surface area contributed by atoms with Crippen molar-refractivity contribution in [1.82, 2.24) is 15.5 Å². The molecule has 2 aromatic rings. The third kappa shape index (κ3) is 6.16. The normalized spacial score (nSPS) is 18.6. The Bertz CT molecular complexity index is 1020. The SMILES string of the molecule is Cc1cc(OCCCC2CCN(c3noc(C(C)(F)F)n3)CC2)ccc1C(=O)N=C1CCNC1. The Morgan fingerprint density at radius 1 is 1.35 bits per heavy atom. The minimum absolute atomic E-state index is 0.199. The summed E-state index contributed by atoms with van der Waals surface area (Å²) in [6.07, 6.45) is 4.65. The molecule has 34 heavy (non-hydrogen) atoms. The van der Waals surface area contributed by atoms with E-state index in [2.05, 4.69) is 20.4 Å². The van der Waals surface area contributed by atoms with Gasteiger partial charge < -0.3 is 19.5 Å². The number of rotatable bonds is 8. The van der Waals surface area contributed by atoms with Crippen LogP contribution >= 0.6 is 0 Å². The van der Waals surface area contributed by atoms with Gasteiger partial charge >= 0.3 is 5.92 Å². The van der Waals surface area contributed by atoms with Crippen molar-refractivity contribution < 1.29 is 22.8 Å².